The fourth-order valence-corrected chi connectivity index (χ4v) is 3.82. The van der Waals surface area contributed by atoms with E-state index in [2.05, 4.69) is 10.1 Å². The molecule has 0 radical (unpaired) electrons. The molecular formula is C22H21ClF3N3O4. The lowest BCUT2D eigenvalue weighted by Crippen LogP contribution is -2.46. The molecule has 7 nitrogen and oxygen atoms in total. The normalized spacial score (nSPS) is 14.5. The van der Waals surface area contributed by atoms with E-state index in [4.69, 9.17) is 21.4 Å². The number of halogens is 4. The molecule has 2 heterocycles. The first-order valence-electron chi connectivity index (χ1n) is 9.79. The van der Waals surface area contributed by atoms with Crippen LogP contribution in [-0.4, -0.2) is 37.1 Å². The predicted octanol–water partition coefficient (Wildman–Crippen LogP) is 4.46. The molecule has 0 amide bonds. The summed E-state index contributed by atoms with van der Waals surface area (Å²) < 4.78 is 49.1. The zero-order valence-corrected chi connectivity index (χ0v) is 18.4. The van der Waals surface area contributed by atoms with Gasteiger partial charge in [-0.15, -0.1) is 0 Å². The molecule has 33 heavy (non-hydrogen) atoms. The van der Waals surface area contributed by atoms with Gasteiger partial charge in [0.15, 0.2) is 5.60 Å². The number of ether oxygens (including phenoxy) is 1. The molecule has 2 N–H and O–H groups in total. The highest BCUT2D eigenvalue weighted by Crippen LogP contribution is 2.50. The maximum Gasteiger partial charge on any atom is 0.422 e. The molecular weight excluding hydrogens is 463 g/mol. The van der Waals surface area contributed by atoms with E-state index in [0.29, 0.717) is 11.3 Å². The second kappa shape index (κ2) is 9.40. The number of aliphatic carboxylic acids is 1. The van der Waals surface area contributed by atoms with Crippen molar-refractivity contribution in [1.82, 2.24) is 14.8 Å². The second-order valence-corrected chi connectivity index (χ2v) is 7.99. The maximum atomic E-state index is 14.1. The van der Waals surface area contributed by atoms with Crippen molar-refractivity contribution >= 4 is 17.6 Å². The summed E-state index contributed by atoms with van der Waals surface area (Å²) in [5.41, 5.74) is -2.49. The summed E-state index contributed by atoms with van der Waals surface area (Å²) in [5.74, 6) is -2.19. The van der Waals surface area contributed by atoms with Crippen LogP contribution in [-0.2, 0) is 23.5 Å². The van der Waals surface area contributed by atoms with E-state index in [-0.39, 0.29) is 35.1 Å². The van der Waals surface area contributed by atoms with Gasteiger partial charge in [0, 0.05) is 34.6 Å². The van der Waals surface area contributed by atoms with Crippen LogP contribution in [0.5, 0.6) is 5.75 Å². The minimum Gasteiger partial charge on any atom is -0.489 e. The average molecular weight is 484 g/mol. The van der Waals surface area contributed by atoms with Crippen molar-refractivity contribution < 1.29 is 32.9 Å². The van der Waals surface area contributed by atoms with Crippen LogP contribution >= 0.6 is 11.6 Å². The molecule has 176 valence electrons. The molecule has 0 saturated carbocycles. The van der Waals surface area contributed by atoms with Gasteiger partial charge < -0.3 is 14.9 Å². The number of pyridine rings is 1. The topological polar surface area (TPSA) is 97.5 Å². The molecule has 2 unspecified atom stereocenters. The molecule has 0 bridgehead atoms. The monoisotopic (exact) mass is 483 g/mol. The van der Waals surface area contributed by atoms with E-state index in [9.17, 15) is 23.1 Å². The number of benzene rings is 1. The highest BCUT2D eigenvalue weighted by Gasteiger charge is 2.59. The molecule has 0 fully saturated rings. The number of aliphatic hydroxyl groups is 1. The van der Waals surface area contributed by atoms with Crippen molar-refractivity contribution in [3.8, 4) is 5.75 Å². The molecule has 3 aromatic rings. The molecule has 0 aliphatic rings. The fraction of sp³-hybridized carbons (Fsp3) is 0.318. The second-order valence-electron chi connectivity index (χ2n) is 7.58. The number of aromatic nitrogens is 3. The standard InChI is InChI=1S/C22H21ClF3N3O4/c1-13-7-16(5-6-27-13)21(32,22(24,25)26)14(2)18-4-3-17(8-19(18)23)33-12-15-9-28-29(10-15)11-20(30)31/h3-10,14,32H,11-12H2,1-2H3,(H,30,31). The molecule has 11 heteroatoms. The summed E-state index contributed by atoms with van der Waals surface area (Å²) in [6, 6.07) is 6.52. The van der Waals surface area contributed by atoms with Crippen molar-refractivity contribution in [3.63, 3.8) is 0 Å². The third-order valence-corrected chi connectivity index (χ3v) is 5.55. The molecule has 0 aliphatic heterocycles. The van der Waals surface area contributed by atoms with Crippen LogP contribution in [0.3, 0.4) is 0 Å². The number of nitrogens with zero attached hydrogens (tertiary/aromatic N) is 3. The molecule has 0 aliphatic carbocycles. The number of aryl methyl sites for hydroxylation is 1. The van der Waals surface area contributed by atoms with E-state index in [1.165, 1.54) is 61.4 Å². The fourth-order valence-electron chi connectivity index (χ4n) is 3.49. The van der Waals surface area contributed by atoms with Crippen molar-refractivity contribution in [2.75, 3.05) is 0 Å². The molecule has 2 aromatic heterocycles. The minimum absolute atomic E-state index is 0.00461. The smallest absolute Gasteiger partial charge is 0.422 e. The first-order chi connectivity index (χ1) is 15.4. The van der Waals surface area contributed by atoms with Gasteiger partial charge in [-0.1, -0.05) is 24.6 Å². The zero-order valence-electron chi connectivity index (χ0n) is 17.7. The quantitative estimate of drug-likeness (QED) is 0.491. The number of hydrogen-bond donors (Lipinski definition) is 2. The van der Waals surface area contributed by atoms with Gasteiger partial charge in [0.25, 0.3) is 0 Å². The highest BCUT2D eigenvalue weighted by atomic mass is 35.5. The Morgan fingerprint density at radius 3 is 2.61 bits per heavy atom. The molecule has 3 rings (SSSR count). The van der Waals surface area contributed by atoms with Crippen molar-refractivity contribution in [2.24, 2.45) is 0 Å². The molecule has 2 atom stereocenters. The lowest BCUT2D eigenvalue weighted by Gasteiger charge is -2.37. The summed E-state index contributed by atoms with van der Waals surface area (Å²) in [7, 11) is 0. The van der Waals surface area contributed by atoms with Gasteiger partial charge in [-0.05, 0) is 42.3 Å². The number of carboxylic acids is 1. The summed E-state index contributed by atoms with van der Waals surface area (Å²) in [5, 5.41) is 23.6. The van der Waals surface area contributed by atoms with Crippen molar-refractivity contribution in [2.45, 2.75) is 44.7 Å². The van der Waals surface area contributed by atoms with Gasteiger partial charge in [0.05, 0.1) is 6.20 Å². The van der Waals surface area contributed by atoms with Gasteiger partial charge >= 0.3 is 12.1 Å². The minimum atomic E-state index is -4.98. The summed E-state index contributed by atoms with van der Waals surface area (Å²) in [6.07, 6.45) is -0.812. The Morgan fingerprint density at radius 1 is 1.27 bits per heavy atom. The number of alkyl halides is 3. The Bertz CT molecular complexity index is 1150. The van der Waals surface area contributed by atoms with E-state index in [1.54, 1.807) is 0 Å². The third kappa shape index (κ3) is 5.28. The van der Waals surface area contributed by atoms with E-state index in [1.807, 2.05) is 0 Å². The third-order valence-electron chi connectivity index (χ3n) is 5.22. The molecule has 0 saturated heterocycles. The highest BCUT2D eigenvalue weighted by molar-refractivity contribution is 6.31. The van der Waals surface area contributed by atoms with Gasteiger partial charge in [0.1, 0.15) is 18.9 Å². The molecule has 1 aromatic carbocycles. The largest absolute Gasteiger partial charge is 0.489 e. The number of carboxylic acid groups (broad SMARTS) is 1. The SMILES string of the molecule is Cc1cc(C(O)(C(C)c2ccc(OCc3cnn(CC(=O)O)c3)cc2Cl)C(F)(F)F)ccn1. The Labute approximate surface area is 192 Å². The van der Waals surface area contributed by atoms with Gasteiger partial charge in [-0.2, -0.15) is 18.3 Å². The Hall–Kier alpha value is -3.11. The zero-order chi connectivity index (χ0) is 24.4. The van der Waals surface area contributed by atoms with E-state index >= 15 is 0 Å². The number of carbonyl (C=O) groups is 1. The first-order valence-corrected chi connectivity index (χ1v) is 10.2. The summed E-state index contributed by atoms with van der Waals surface area (Å²) in [4.78, 5) is 14.6. The van der Waals surface area contributed by atoms with Crippen LogP contribution < -0.4 is 4.74 Å². The lowest BCUT2D eigenvalue weighted by molar-refractivity contribution is -0.274. The number of rotatable bonds is 8. The summed E-state index contributed by atoms with van der Waals surface area (Å²) in [6.45, 7) is 2.54. The van der Waals surface area contributed by atoms with Gasteiger partial charge in [-0.3, -0.25) is 14.5 Å². The Morgan fingerprint density at radius 2 is 2.00 bits per heavy atom. The Balaban J connectivity index is 1.83. The van der Waals surface area contributed by atoms with Crippen molar-refractivity contribution in [1.29, 1.82) is 0 Å². The summed E-state index contributed by atoms with van der Waals surface area (Å²) >= 11 is 6.29. The van der Waals surface area contributed by atoms with Crippen LogP contribution in [0.1, 0.15) is 35.2 Å². The average Bonchev–Trinajstić information content (AvgIpc) is 3.17. The van der Waals surface area contributed by atoms with Crippen LogP contribution in [0.2, 0.25) is 5.02 Å². The van der Waals surface area contributed by atoms with Crippen LogP contribution in [0.4, 0.5) is 13.2 Å². The maximum absolute atomic E-state index is 14.1. The van der Waals surface area contributed by atoms with E-state index < -0.39 is 23.7 Å². The predicted molar refractivity (Wildman–Crippen MR) is 113 cm³/mol. The number of hydrogen-bond acceptors (Lipinski definition) is 5. The van der Waals surface area contributed by atoms with E-state index in [0.717, 1.165) is 6.07 Å². The lowest BCUT2D eigenvalue weighted by atomic mass is 9.78. The molecule has 0 spiro atoms. The Kier molecular flexibility index (Phi) is 6.99. The van der Waals surface area contributed by atoms with Gasteiger partial charge in [-0.25, -0.2) is 0 Å². The van der Waals surface area contributed by atoms with Crippen LogP contribution in [0.15, 0.2) is 48.9 Å². The first kappa shape index (κ1) is 24.5. The van der Waals surface area contributed by atoms with Crippen molar-refractivity contribution in [3.05, 3.63) is 76.3 Å². The van der Waals surface area contributed by atoms with Crippen LogP contribution in [0.25, 0.3) is 0 Å². The van der Waals surface area contributed by atoms with Crippen LogP contribution in [0, 0.1) is 6.92 Å². The van der Waals surface area contributed by atoms with Gasteiger partial charge in [0.2, 0.25) is 0 Å².